The first-order valence-corrected chi connectivity index (χ1v) is 11.2. The summed E-state index contributed by atoms with van der Waals surface area (Å²) in [7, 11) is 4.07. The van der Waals surface area contributed by atoms with Gasteiger partial charge in [-0.1, -0.05) is 22.9 Å². The Balaban J connectivity index is 0.00000300. The van der Waals surface area contributed by atoms with E-state index in [1.165, 1.54) is 22.7 Å². The lowest BCUT2D eigenvalue weighted by Crippen LogP contribution is -2.34. The van der Waals surface area contributed by atoms with Crippen molar-refractivity contribution in [1.29, 1.82) is 0 Å². The molecular weight excluding hydrogens is 449 g/mol. The predicted molar refractivity (Wildman–Crippen MR) is 127 cm³/mol. The van der Waals surface area contributed by atoms with E-state index < -0.39 is 0 Å². The summed E-state index contributed by atoms with van der Waals surface area (Å²) in [4.78, 5) is 22.7. The van der Waals surface area contributed by atoms with Gasteiger partial charge in [0.15, 0.2) is 5.13 Å². The lowest BCUT2D eigenvalue weighted by atomic mass is 10.3. The number of halogens is 2. The molecule has 0 N–H and O–H groups in total. The van der Waals surface area contributed by atoms with Crippen LogP contribution in [0.15, 0.2) is 30.3 Å². The number of amides is 1. The Kier molecular flexibility index (Phi) is 9.17. The highest BCUT2D eigenvalue weighted by atomic mass is 35.5. The topological polar surface area (TPSA) is 45.7 Å². The molecule has 9 heteroatoms. The van der Waals surface area contributed by atoms with Crippen molar-refractivity contribution in [3.8, 4) is 5.75 Å². The number of thiophene rings is 1. The van der Waals surface area contributed by atoms with Crippen molar-refractivity contribution in [1.82, 2.24) is 9.88 Å². The van der Waals surface area contributed by atoms with Crippen molar-refractivity contribution in [2.24, 2.45) is 0 Å². The molecule has 0 saturated heterocycles. The van der Waals surface area contributed by atoms with Gasteiger partial charge in [0.25, 0.3) is 0 Å². The van der Waals surface area contributed by atoms with Crippen LogP contribution in [0.3, 0.4) is 0 Å². The lowest BCUT2D eigenvalue weighted by molar-refractivity contribution is -0.118. The summed E-state index contributed by atoms with van der Waals surface area (Å²) in [5, 5.41) is 0.732. The van der Waals surface area contributed by atoms with Gasteiger partial charge < -0.3 is 9.64 Å². The summed E-state index contributed by atoms with van der Waals surface area (Å²) >= 11 is 8.99. The quantitative estimate of drug-likeness (QED) is 0.419. The van der Waals surface area contributed by atoms with Crippen molar-refractivity contribution >= 4 is 67.9 Å². The number of thiazole rings is 1. The first kappa shape index (κ1) is 23.9. The van der Waals surface area contributed by atoms with Crippen LogP contribution in [-0.2, 0) is 11.2 Å². The number of rotatable bonds is 9. The van der Waals surface area contributed by atoms with E-state index in [0.717, 1.165) is 38.9 Å². The van der Waals surface area contributed by atoms with Gasteiger partial charge >= 0.3 is 0 Å². The number of hydrogen-bond acceptors (Lipinski definition) is 6. The number of benzene rings is 1. The zero-order chi connectivity index (χ0) is 20.1. The lowest BCUT2D eigenvalue weighted by Gasteiger charge is -2.20. The van der Waals surface area contributed by atoms with E-state index in [-0.39, 0.29) is 18.3 Å². The molecule has 0 spiro atoms. The summed E-state index contributed by atoms with van der Waals surface area (Å²) in [5.41, 5.74) is 0.882. The van der Waals surface area contributed by atoms with Gasteiger partial charge in [0.2, 0.25) is 5.91 Å². The van der Waals surface area contributed by atoms with Crippen LogP contribution in [0.25, 0.3) is 10.2 Å². The zero-order valence-corrected chi connectivity index (χ0v) is 19.9. The molecule has 0 saturated carbocycles. The monoisotopic (exact) mass is 473 g/mol. The number of anilines is 1. The van der Waals surface area contributed by atoms with Crippen LogP contribution in [0.4, 0.5) is 5.13 Å². The van der Waals surface area contributed by atoms with Crippen LogP contribution < -0.4 is 9.64 Å². The van der Waals surface area contributed by atoms with E-state index >= 15 is 0 Å². The van der Waals surface area contributed by atoms with Crippen molar-refractivity contribution in [2.45, 2.75) is 19.8 Å². The zero-order valence-electron chi connectivity index (χ0n) is 16.7. The van der Waals surface area contributed by atoms with E-state index in [4.69, 9.17) is 21.3 Å². The summed E-state index contributed by atoms with van der Waals surface area (Å²) in [6, 6.07) is 9.60. The summed E-state index contributed by atoms with van der Waals surface area (Å²) in [6.45, 7) is 4.13. The maximum Gasteiger partial charge on any atom is 0.234 e. The van der Waals surface area contributed by atoms with Crippen LogP contribution >= 0.6 is 46.7 Å². The number of aromatic nitrogens is 1. The van der Waals surface area contributed by atoms with E-state index in [0.29, 0.717) is 23.9 Å². The minimum absolute atomic E-state index is 0. The van der Waals surface area contributed by atoms with Gasteiger partial charge in [0.05, 0.1) is 27.6 Å². The van der Waals surface area contributed by atoms with Gasteiger partial charge in [-0.25, -0.2) is 4.98 Å². The van der Waals surface area contributed by atoms with Gasteiger partial charge in [0, 0.05) is 11.4 Å². The third-order valence-electron chi connectivity index (χ3n) is 4.13. The van der Waals surface area contributed by atoms with Gasteiger partial charge in [0.1, 0.15) is 5.75 Å². The van der Waals surface area contributed by atoms with E-state index in [1.807, 2.05) is 56.3 Å². The number of hydrogen-bond donors (Lipinski definition) is 0. The number of ether oxygens (including phenoxy) is 1. The van der Waals surface area contributed by atoms with Crippen molar-refractivity contribution in [3.63, 3.8) is 0 Å². The van der Waals surface area contributed by atoms with Crippen LogP contribution in [0.2, 0.25) is 4.34 Å². The Bertz CT molecular complexity index is 943. The SMILES string of the molecule is CCOc1ccc2nc(N(CCCN(C)C)C(=O)Cc3ccc(Cl)s3)sc2c1.Cl. The number of carbonyl (C=O) groups is 1. The maximum atomic E-state index is 13.1. The second-order valence-electron chi connectivity index (χ2n) is 6.64. The van der Waals surface area contributed by atoms with Crippen molar-refractivity contribution in [3.05, 3.63) is 39.5 Å². The smallest absolute Gasteiger partial charge is 0.234 e. The highest BCUT2D eigenvalue weighted by Crippen LogP contribution is 2.32. The largest absolute Gasteiger partial charge is 0.494 e. The van der Waals surface area contributed by atoms with Crippen LogP contribution in [0, 0.1) is 0 Å². The molecule has 0 unspecified atom stereocenters. The minimum atomic E-state index is 0. The van der Waals surface area contributed by atoms with Crippen LogP contribution in [-0.4, -0.2) is 49.6 Å². The highest BCUT2D eigenvalue weighted by Gasteiger charge is 2.21. The fourth-order valence-corrected chi connectivity index (χ4v) is 4.94. The molecule has 3 aromatic rings. The molecule has 3 rings (SSSR count). The number of fused-ring (bicyclic) bond motifs is 1. The fraction of sp³-hybridized carbons (Fsp3) is 0.400. The average molecular weight is 474 g/mol. The third kappa shape index (κ3) is 6.55. The fourth-order valence-electron chi connectivity index (χ4n) is 2.83. The van der Waals surface area contributed by atoms with E-state index in [1.54, 1.807) is 0 Å². The van der Waals surface area contributed by atoms with Crippen LogP contribution in [0.5, 0.6) is 5.75 Å². The van der Waals surface area contributed by atoms with Crippen molar-refractivity contribution < 1.29 is 9.53 Å². The molecule has 2 aromatic heterocycles. The number of carbonyl (C=O) groups excluding carboxylic acids is 1. The second-order valence-corrected chi connectivity index (χ2v) is 9.45. The van der Waals surface area contributed by atoms with Gasteiger partial charge in [-0.05, 0) is 64.3 Å². The molecule has 5 nitrogen and oxygen atoms in total. The molecule has 0 fully saturated rings. The predicted octanol–water partition coefficient (Wildman–Crippen LogP) is 5.36. The molecule has 0 aliphatic carbocycles. The Morgan fingerprint density at radius 3 is 2.62 bits per heavy atom. The first-order chi connectivity index (χ1) is 13.5. The molecule has 0 bridgehead atoms. The summed E-state index contributed by atoms with van der Waals surface area (Å²) in [5.74, 6) is 0.866. The molecule has 158 valence electrons. The second kappa shape index (κ2) is 11.1. The molecule has 1 amide bonds. The summed E-state index contributed by atoms with van der Waals surface area (Å²) in [6.07, 6.45) is 1.21. The molecule has 0 atom stereocenters. The Labute approximate surface area is 190 Å². The summed E-state index contributed by atoms with van der Waals surface area (Å²) < 4.78 is 7.30. The molecular formula is C20H25Cl2N3O2S2. The Hall–Kier alpha value is -1.38. The molecule has 2 heterocycles. The highest BCUT2D eigenvalue weighted by molar-refractivity contribution is 7.22. The first-order valence-electron chi connectivity index (χ1n) is 9.19. The molecule has 1 aromatic carbocycles. The molecule has 29 heavy (non-hydrogen) atoms. The van der Waals surface area contributed by atoms with E-state index in [9.17, 15) is 4.79 Å². The molecule has 0 radical (unpaired) electrons. The van der Waals surface area contributed by atoms with Gasteiger partial charge in [-0.2, -0.15) is 0 Å². The molecule has 0 aliphatic rings. The minimum Gasteiger partial charge on any atom is -0.494 e. The van der Waals surface area contributed by atoms with Crippen LogP contribution in [0.1, 0.15) is 18.2 Å². The molecule has 0 aliphatic heterocycles. The van der Waals surface area contributed by atoms with Crippen molar-refractivity contribution in [2.75, 3.05) is 38.7 Å². The number of nitrogens with zero attached hydrogens (tertiary/aromatic N) is 3. The maximum absolute atomic E-state index is 13.1. The average Bonchev–Trinajstić information content (AvgIpc) is 3.24. The third-order valence-corrected chi connectivity index (χ3v) is 6.41. The van der Waals surface area contributed by atoms with Gasteiger partial charge in [-0.3, -0.25) is 9.69 Å². The standard InChI is InChI=1S/C20H24ClN3O2S2.ClH/c1-4-26-14-6-8-16-17(12-14)28-20(22-16)24(11-5-10-23(2)3)19(25)13-15-7-9-18(21)27-15;/h6-9,12H,4-5,10-11,13H2,1-3H3;1H. The van der Waals surface area contributed by atoms with Gasteiger partial charge in [-0.15, -0.1) is 23.7 Å². The van der Waals surface area contributed by atoms with E-state index in [2.05, 4.69) is 4.90 Å². The normalized spacial score (nSPS) is 10.9. The Morgan fingerprint density at radius 1 is 1.17 bits per heavy atom. The Morgan fingerprint density at radius 2 is 1.97 bits per heavy atom.